The molecule has 0 aliphatic rings. The molecule has 0 unspecified atom stereocenters. The Balaban J connectivity index is 1.83. The molecule has 2 amide bonds. The Kier molecular flexibility index (Phi) is 6.02. The molecule has 0 aliphatic heterocycles. The van der Waals surface area contributed by atoms with Crippen molar-refractivity contribution in [2.45, 2.75) is 13.5 Å². The van der Waals surface area contributed by atoms with Crippen LogP contribution in [0.25, 0.3) is 0 Å². The lowest BCUT2D eigenvalue weighted by Gasteiger charge is -2.09. The van der Waals surface area contributed by atoms with E-state index in [4.69, 9.17) is 23.2 Å². The van der Waals surface area contributed by atoms with Crippen LogP contribution in [-0.4, -0.2) is 18.4 Å². The van der Waals surface area contributed by atoms with Crippen LogP contribution in [0.4, 0.5) is 0 Å². The van der Waals surface area contributed by atoms with Crippen molar-refractivity contribution in [3.05, 3.63) is 69.2 Å². The summed E-state index contributed by atoms with van der Waals surface area (Å²) in [5.74, 6) is -0.642. The van der Waals surface area contributed by atoms with Gasteiger partial charge in [0.1, 0.15) is 0 Å². The molecule has 2 aromatic carbocycles. The van der Waals surface area contributed by atoms with E-state index in [-0.39, 0.29) is 18.4 Å². The van der Waals surface area contributed by atoms with Crippen LogP contribution < -0.4 is 10.6 Å². The molecule has 0 radical (unpaired) electrons. The number of rotatable bonds is 5. The molecule has 2 rings (SSSR count). The lowest BCUT2D eigenvalue weighted by Crippen LogP contribution is -2.36. The highest BCUT2D eigenvalue weighted by Gasteiger charge is 2.10. The first kappa shape index (κ1) is 17.3. The molecule has 0 aliphatic carbocycles. The smallest absolute Gasteiger partial charge is 0.251 e. The molecule has 0 atom stereocenters. The first-order valence-electron chi connectivity index (χ1n) is 7.02. The largest absolute Gasteiger partial charge is 0.350 e. The first-order valence-corrected chi connectivity index (χ1v) is 7.77. The first-order chi connectivity index (χ1) is 11.0. The Morgan fingerprint density at radius 2 is 1.74 bits per heavy atom. The van der Waals surface area contributed by atoms with Gasteiger partial charge in [-0.25, -0.2) is 0 Å². The number of carbonyl (C=O) groups excluding carboxylic acids is 2. The van der Waals surface area contributed by atoms with E-state index >= 15 is 0 Å². The fourth-order valence-corrected chi connectivity index (χ4v) is 2.26. The van der Waals surface area contributed by atoms with E-state index in [0.717, 1.165) is 11.1 Å². The number of aryl methyl sites for hydroxylation is 1. The van der Waals surface area contributed by atoms with Crippen LogP contribution in [0.3, 0.4) is 0 Å². The third kappa shape index (κ3) is 4.98. The van der Waals surface area contributed by atoms with Crippen molar-refractivity contribution in [1.82, 2.24) is 10.6 Å². The lowest BCUT2D eigenvalue weighted by atomic mass is 10.1. The highest BCUT2D eigenvalue weighted by molar-refractivity contribution is 6.42. The molecule has 0 saturated heterocycles. The van der Waals surface area contributed by atoms with Crippen molar-refractivity contribution in [1.29, 1.82) is 0 Å². The maximum Gasteiger partial charge on any atom is 0.251 e. The van der Waals surface area contributed by atoms with E-state index in [1.807, 2.05) is 31.2 Å². The summed E-state index contributed by atoms with van der Waals surface area (Å²) in [4.78, 5) is 23.8. The Bertz CT molecular complexity index is 732. The second kappa shape index (κ2) is 7.99. The molecule has 0 bridgehead atoms. The Hall–Kier alpha value is -2.04. The van der Waals surface area contributed by atoms with Crippen molar-refractivity contribution in [2.24, 2.45) is 0 Å². The average molecular weight is 351 g/mol. The van der Waals surface area contributed by atoms with Crippen LogP contribution in [0.1, 0.15) is 21.5 Å². The number of carbonyl (C=O) groups is 2. The van der Waals surface area contributed by atoms with Crippen LogP contribution in [0.15, 0.2) is 42.5 Å². The maximum atomic E-state index is 11.9. The van der Waals surface area contributed by atoms with Gasteiger partial charge < -0.3 is 10.6 Å². The zero-order valence-electron chi connectivity index (χ0n) is 12.5. The number of halogens is 2. The number of benzene rings is 2. The molecule has 4 nitrogen and oxygen atoms in total. The van der Waals surface area contributed by atoms with Crippen LogP contribution >= 0.6 is 23.2 Å². The van der Waals surface area contributed by atoms with Crippen LogP contribution in [0, 0.1) is 6.92 Å². The molecule has 2 aromatic rings. The minimum Gasteiger partial charge on any atom is -0.350 e. The molecule has 0 saturated carbocycles. The molecule has 0 spiro atoms. The number of amides is 2. The van der Waals surface area contributed by atoms with Gasteiger partial charge in [-0.05, 0) is 36.2 Å². The summed E-state index contributed by atoms with van der Waals surface area (Å²) in [6.07, 6.45) is 0. The van der Waals surface area contributed by atoms with Gasteiger partial charge in [-0.2, -0.15) is 0 Å². The summed E-state index contributed by atoms with van der Waals surface area (Å²) in [6.45, 7) is 2.30. The maximum absolute atomic E-state index is 11.9. The number of hydrogen-bond acceptors (Lipinski definition) is 2. The predicted octanol–water partition coefficient (Wildman–Crippen LogP) is 3.35. The molecule has 0 heterocycles. The van der Waals surface area contributed by atoms with Gasteiger partial charge in [-0.1, -0.05) is 47.5 Å². The lowest BCUT2D eigenvalue weighted by molar-refractivity contribution is -0.120. The minimum absolute atomic E-state index is 0.106. The summed E-state index contributed by atoms with van der Waals surface area (Å²) in [6, 6.07) is 12.3. The molecule has 0 aromatic heterocycles. The number of nitrogens with one attached hydrogen (secondary N) is 2. The summed E-state index contributed by atoms with van der Waals surface area (Å²) >= 11 is 11.7. The number of hydrogen-bond donors (Lipinski definition) is 2. The van der Waals surface area contributed by atoms with Gasteiger partial charge in [0.05, 0.1) is 16.6 Å². The Morgan fingerprint density at radius 3 is 2.43 bits per heavy atom. The van der Waals surface area contributed by atoms with Gasteiger partial charge in [-0.3, -0.25) is 9.59 Å². The third-order valence-corrected chi connectivity index (χ3v) is 4.07. The Labute approximate surface area is 144 Å². The molecular weight excluding hydrogens is 335 g/mol. The molecule has 23 heavy (non-hydrogen) atoms. The minimum atomic E-state index is -0.380. The van der Waals surface area contributed by atoms with Crippen molar-refractivity contribution in [3.63, 3.8) is 0 Å². The van der Waals surface area contributed by atoms with Gasteiger partial charge in [0.25, 0.3) is 5.91 Å². The Morgan fingerprint density at radius 1 is 1.00 bits per heavy atom. The zero-order chi connectivity index (χ0) is 16.8. The zero-order valence-corrected chi connectivity index (χ0v) is 14.0. The molecule has 6 heteroatoms. The van der Waals surface area contributed by atoms with E-state index in [1.54, 1.807) is 6.07 Å². The van der Waals surface area contributed by atoms with E-state index < -0.39 is 0 Å². The van der Waals surface area contributed by atoms with Crippen LogP contribution in [0.2, 0.25) is 10.0 Å². The normalized spacial score (nSPS) is 10.2. The second-order valence-electron chi connectivity index (χ2n) is 5.01. The molecule has 120 valence electrons. The molecule has 2 N–H and O–H groups in total. The van der Waals surface area contributed by atoms with Gasteiger partial charge in [-0.15, -0.1) is 0 Å². The summed E-state index contributed by atoms with van der Waals surface area (Å²) in [7, 11) is 0. The monoisotopic (exact) mass is 350 g/mol. The van der Waals surface area contributed by atoms with E-state index in [9.17, 15) is 9.59 Å². The SMILES string of the molecule is Cc1ccccc1CNC(=O)CNC(=O)c1ccc(Cl)c(Cl)c1. The topological polar surface area (TPSA) is 58.2 Å². The van der Waals surface area contributed by atoms with Crippen molar-refractivity contribution >= 4 is 35.0 Å². The van der Waals surface area contributed by atoms with Crippen molar-refractivity contribution < 1.29 is 9.59 Å². The second-order valence-corrected chi connectivity index (χ2v) is 5.83. The van der Waals surface area contributed by atoms with E-state index in [1.165, 1.54) is 12.1 Å². The molecular formula is C17H16Cl2N2O2. The predicted molar refractivity (Wildman–Crippen MR) is 91.8 cm³/mol. The van der Waals surface area contributed by atoms with Crippen LogP contribution in [0.5, 0.6) is 0 Å². The van der Waals surface area contributed by atoms with Crippen molar-refractivity contribution in [3.8, 4) is 0 Å². The average Bonchev–Trinajstić information content (AvgIpc) is 2.54. The fraction of sp³-hybridized carbons (Fsp3) is 0.176. The third-order valence-electron chi connectivity index (χ3n) is 3.33. The van der Waals surface area contributed by atoms with Gasteiger partial charge >= 0.3 is 0 Å². The van der Waals surface area contributed by atoms with Gasteiger partial charge in [0.2, 0.25) is 5.91 Å². The van der Waals surface area contributed by atoms with Crippen LogP contribution in [-0.2, 0) is 11.3 Å². The van der Waals surface area contributed by atoms with E-state index in [2.05, 4.69) is 10.6 Å². The van der Waals surface area contributed by atoms with Gasteiger partial charge in [0, 0.05) is 12.1 Å². The highest BCUT2D eigenvalue weighted by atomic mass is 35.5. The quantitative estimate of drug-likeness (QED) is 0.868. The standard InChI is InChI=1S/C17H16Cl2N2O2/c1-11-4-2-3-5-13(11)9-20-16(22)10-21-17(23)12-6-7-14(18)15(19)8-12/h2-8H,9-10H2,1H3,(H,20,22)(H,21,23). The highest BCUT2D eigenvalue weighted by Crippen LogP contribution is 2.22. The molecule has 0 fully saturated rings. The van der Waals surface area contributed by atoms with E-state index in [0.29, 0.717) is 22.2 Å². The summed E-state index contributed by atoms with van der Waals surface area (Å²) < 4.78 is 0. The summed E-state index contributed by atoms with van der Waals surface area (Å²) in [5, 5.41) is 5.98. The fourth-order valence-electron chi connectivity index (χ4n) is 1.96. The summed E-state index contributed by atoms with van der Waals surface area (Å²) in [5.41, 5.74) is 2.50. The van der Waals surface area contributed by atoms with Crippen molar-refractivity contribution in [2.75, 3.05) is 6.54 Å². The van der Waals surface area contributed by atoms with Gasteiger partial charge in [0.15, 0.2) is 0 Å².